The first-order valence-corrected chi connectivity index (χ1v) is 6.82. The van der Waals surface area contributed by atoms with E-state index < -0.39 is 5.97 Å². The molecule has 1 aromatic carbocycles. The van der Waals surface area contributed by atoms with E-state index in [0.717, 1.165) is 0 Å². The third-order valence-electron chi connectivity index (χ3n) is 3.00. The first-order chi connectivity index (χ1) is 10.1. The number of rotatable bonds is 2. The molecule has 3 aromatic rings. The number of pyridine rings is 1. The Balaban J connectivity index is 2.30. The summed E-state index contributed by atoms with van der Waals surface area (Å²) >= 11 is 3.26. The molecule has 2 aromatic heterocycles. The maximum absolute atomic E-state index is 13.0. The Hall–Kier alpha value is -2.21. The number of esters is 1. The molecular weight excluding hydrogens is 341 g/mol. The number of carbonyl (C=O) groups excluding carboxylic acids is 1. The van der Waals surface area contributed by atoms with Crippen LogP contribution in [0.1, 0.15) is 10.4 Å². The van der Waals surface area contributed by atoms with E-state index in [2.05, 4.69) is 20.9 Å². The summed E-state index contributed by atoms with van der Waals surface area (Å²) in [6, 6.07) is 9.08. The summed E-state index contributed by atoms with van der Waals surface area (Å²) in [5.74, 6) is -0.614. The Morgan fingerprint density at radius 3 is 2.62 bits per heavy atom. The van der Waals surface area contributed by atoms with E-state index in [9.17, 15) is 9.18 Å². The van der Waals surface area contributed by atoms with E-state index in [-0.39, 0.29) is 11.4 Å². The van der Waals surface area contributed by atoms with Crippen molar-refractivity contribution in [2.75, 3.05) is 7.11 Å². The monoisotopic (exact) mass is 349 g/mol. The predicted octanol–water partition coefficient (Wildman–Crippen LogP) is 4.18. The van der Waals surface area contributed by atoms with Crippen LogP contribution >= 0.6 is 15.9 Å². The Bertz CT molecular complexity index is 827. The van der Waals surface area contributed by atoms with Gasteiger partial charge in [-0.25, -0.2) is 14.2 Å². The highest BCUT2D eigenvalue weighted by atomic mass is 79.9. The van der Waals surface area contributed by atoms with Gasteiger partial charge in [-0.2, -0.15) is 0 Å². The molecule has 6 heteroatoms. The summed E-state index contributed by atoms with van der Waals surface area (Å²) in [6.45, 7) is 0. The highest BCUT2D eigenvalue weighted by molar-refractivity contribution is 9.10. The summed E-state index contributed by atoms with van der Waals surface area (Å²) in [5.41, 5.74) is 1.65. The van der Waals surface area contributed by atoms with Crippen molar-refractivity contribution in [2.24, 2.45) is 0 Å². The highest BCUT2D eigenvalue weighted by Crippen LogP contribution is 2.33. The molecule has 21 heavy (non-hydrogen) atoms. The van der Waals surface area contributed by atoms with Gasteiger partial charge in [0.1, 0.15) is 21.5 Å². The number of benzene rings is 1. The third-order valence-corrected chi connectivity index (χ3v) is 3.44. The van der Waals surface area contributed by atoms with Crippen LogP contribution in [0.5, 0.6) is 0 Å². The normalized spacial score (nSPS) is 10.8. The first kappa shape index (κ1) is 13.8. The molecule has 2 heterocycles. The lowest BCUT2D eigenvalue weighted by Gasteiger charge is -2.01. The van der Waals surface area contributed by atoms with Gasteiger partial charge in [-0.3, -0.25) is 0 Å². The molecule has 0 aliphatic carbocycles. The second-order valence-corrected chi connectivity index (χ2v) is 5.10. The molecule has 0 spiro atoms. The van der Waals surface area contributed by atoms with Crippen LogP contribution in [0.3, 0.4) is 0 Å². The van der Waals surface area contributed by atoms with Gasteiger partial charge in [0, 0.05) is 5.56 Å². The zero-order valence-electron chi connectivity index (χ0n) is 10.9. The van der Waals surface area contributed by atoms with E-state index in [0.29, 0.717) is 27.0 Å². The van der Waals surface area contributed by atoms with Crippen LogP contribution in [-0.4, -0.2) is 18.1 Å². The fraction of sp³-hybridized carbons (Fsp3) is 0.0667. The van der Waals surface area contributed by atoms with E-state index in [1.165, 1.54) is 31.4 Å². The quantitative estimate of drug-likeness (QED) is 0.514. The second-order valence-electron chi connectivity index (χ2n) is 4.29. The molecular formula is C15H9BrFNO3. The molecule has 0 saturated carbocycles. The minimum Gasteiger partial charge on any atom is -0.465 e. The summed E-state index contributed by atoms with van der Waals surface area (Å²) in [7, 11) is 1.29. The molecule has 0 unspecified atom stereocenters. The van der Waals surface area contributed by atoms with Crippen LogP contribution in [0, 0.1) is 5.82 Å². The van der Waals surface area contributed by atoms with Gasteiger partial charge in [-0.05, 0) is 52.3 Å². The SMILES string of the molecule is COC(=O)c1c(-c2ccc(F)cc2)oc2ccc(Br)nc12. The maximum atomic E-state index is 13.0. The number of fused-ring (bicyclic) bond motifs is 1. The van der Waals surface area contributed by atoms with Gasteiger partial charge in [0.2, 0.25) is 0 Å². The van der Waals surface area contributed by atoms with Crippen LogP contribution in [0.15, 0.2) is 45.4 Å². The summed E-state index contributed by atoms with van der Waals surface area (Å²) < 4.78 is 24.1. The van der Waals surface area contributed by atoms with Gasteiger partial charge >= 0.3 is 5.97 Å². The standard InChI is InChI=1S/C15H9BrFNO3/c1-20-15(19)12-13-10(6-7-11(16)18-13)21-14(12)8-2-4-9(17)5-3-8/h2-7H,1H3. The predicted molar refractivity (Wildman–Crippen MR) is 78.4 cm³/mol. The van der Waals surface area contributed by atoms with Gasteiger partial charge in [-0.15, -0.1) is 0 Å². The highest BCUT2D eigenvalue weighted by Gasteiger charge is 2.24. The summed E-state index contributed by atoms with van der Waals surface area (Å²) in [4.78, 5) is 16.3. The lowest BCUT2D eigenvalue weighted by Crippen LogP contribution is -2.02. The molecule has 0 radical (unpaired) electrons. The zero-order valence-corrected chi connectivity index (χ0v) is 12.5. The van der Waals surface area contributed by atoms with Crippen molar-refractivity contribution in [1.82, 2.24) is 4.98 Å². The average molecular weight is 350 g/mol. The molecule has 0 N–H and O–H groups in total. The largest absolute Gasteiger partial charge is 0.465 e. The number of aromatic nitrogens is 1. The summed E-state index contributed by atoms with van der Waals surface area (Å²) in [5, 5.41) is 0. The third kappa shape index (κ3) is 2.42. The molecule has 0 aliphatic rings. The smallest absolute Gasteiger partial charge is 0.344 e. The van der Waals surface area contributed by atoms with Crippen molar-refractivity contribution in [1.29, 1.82) is 0 Å². The average Bonchev–Trinajstić information content (AvgIpc) is 2.85. The number of carbonyl (C=O) groups is 1. The van der Waals surface area contributed by atoms with E-state index in [4.69, 9.17) is 9.15 Å². The Morgan fingerprint density at radius 1 is 1.24 bits per heavy atom. The molecule has 106 valence electrons. The zero-order chi connectivity index (χ0) is 15.0. The van der Waals surface area contributed by atoms with Crippen molar-refractivity contribution < 1.29 is 18.3 Å². The number of ether oxygens (including phenoxy) is 1. The molecule has 0 saturated heterocycles. The molecule has 3 rings (SSSR count). The summed E-state index contributed by atoms with van der Waals surface area (Å²) in [6.07, 6.45) is 0. The van der Waals surface area contributed by atoms with Crippen LogP contribution in [-0.2, 0) is 4.74 Å². The number of methoxy groups -OCH3 is 1. The van der Waals surface area contributed by atoms with Gasteiger partial charge < -0.3 is 9.15 Å². The van der Waals surface area contributed by atoms with E-state index >= 15 is 0 Å². The molecule has 4 nitrogen and oxygen atoms in total. The topological polar surface area (TPSA) is 52.3 Å². The van der Waals surface area contributed by atoms with E-state index in [1.807, 2.05) is 0 Å². The second kappa shape index (κ2) is 5.29. The maximum Gasteiger partial charge on any atom is 0.344 e. The first-order valence-electron chi connectivity index (χ1n) is 6.03. The van der Waals surface area contributed by atoms with Crippen molar-refractivity contribution >= 4 is 33.0 Å². The van der Waals surface area contributed by atoms with Gasteiger partial charge in [0.25, 0.3) is 0 Å². The van der Waals surface area contributed by atoms with Gasteiger partial charge in [0.15, 0.2) is 11.3 Å². The van der Waals surface area contributed by atoms with Gasteiger partial charge in [-0.1, -0.05) is 0 Å². The van der Waals surface area contributed by atoms with Gasteiger partial charge in [0.05, 0.1) is 7.11 Å². The fourth-order valence-electron chi connectivity index (χ4n) is 2.05. The Kier molecular flexibility index (Phi) is 3.47. The molecule has 0 bridgehead atoms. The molecule has 0 aliphatic heterocycles. The van der Waals surface area contributed by atoms with Crippen LogP contribution < -0.4 is 0 Å². The lowest BCUT2D eigenvalue weighted by molar-refractivity contribution is 0.0603. The van der Waals surface area contributed by atoms with Crippen LogP contribution in [0.2, 0.25) is 0 Å². The minimum atomic E-state index is -0.557. The van der Waals surface area contributed by atoms with Crippen molar-refractivity contribution in [3.05, 3.63) is 52.4 Å². The molecule has 0 atom stereocenters. The number of hydrogen-bond acceptors (Lipinski definition) is 4. The van der Waals surface area contributed by atoms with Crippen molar-refractivity contribution in [3.63, 3.8) is 0 Å². The minimum absolute atomic E-state index is 0.223. The number of hydrogen-bond donors (Lipinski definition) is 0. The molecule has 0 amide bonds. The lowest BCUT2D eigenvalue weighted by atomic mass is 10.1. The van der Waals surface area contributed by atoms with E-state index in [1.54, 1.807) is 12.1 Å². The number of halogens is 2. The van der Waals surface area contributed by atoms with Crippen molar-refractivity contribution in [3.8, 4) is 11.3 Å². The molecule has 0 fully saturated rings. The van der Waals surface area contributed by atoms with Crippen LogP contribution in [0.25, 0.3) is 22.4 Å². The fourth-order valence-corrected chi connectivity index (χ4v) is 2.36. The number of furan rings is 1. The number of nitrogens with zero attached hydrogens (tertiary/aromatic N) is 1. The Morgan fingerprint density at radius 2 is 1.95 bits per heavy atom. The van der Waals surface area contributed by atoms with Crippen LogP contribution in [0.4, 0.5) is 4.39 Å². The van der Waals surface area contributed by atoms with Crippen molar-refractivity contribution in [2.45, 2.75) is 0 Å². The Labute approximate surface area is 127 Å².